The molecule has 0 atom stereocenters. The highest BCUT2D eigenvalue weighted by atomic mass is 16.3. The molecule has 0 radical (unpaired) electrons. The van der Waals surface area contributed by atoms with Crippen molar-refractivity contribution >= 4 is 5.69 Å². The van der Waals surface area contributed by atoms with Gasteiger partial charge in [-0.1, -0.05) is 12.1 Å². The van der Waals surface area contributed by atoms with Crippen molar-refractivity contribution in [2.24, 2.45) is 5.73 Å². The molecule has 0 heterocycles. The van der Waals surface area contributed by atoms with Crippen molar-refractivity contribution in [3.05, 3.63) is 29.8 Å². The highest BCUT2D eigenvalue weighted by molar-refractivity contribution is 5.48. The second-order valence-corrected chi connectivity index (χ2v) is 5.33. The molecule has 0 unspecified atom stereocenters. The van der Waals surface area contributed by atoms with Crippen LogP contribution >= 0.6 is 0 Å². The van der Waals surface area contributed by atoms with Gasteiger partial charge in [-0.3, -0.25) is 0 Å². The number of rotatable bonds is 2. The summed E-state index contributed by atoms with van der Waals surface area (Å²) in [5, 5.41) is 9.57. The number of anilines is 1. The summed E-state index contributed by atoms with van der Waals surface area (Å²) in [7, 11) is 4.07. The third kappa shape index (κ3) is 2.61. The van der Waals surface area contributed by atoms with Crippen LogP contribution in [0.2, 0.25) is 0 Å². The number of nitrogens with zero attached hydrogens (tertiary/aromatic N) is 1. The minimum atomic E-state index is -0.259. The second kappa shape index (κ2) is 4.67. The van der Waals surface area contributed by atoms with Crippen LogP contribution in [-0.4, -0.2) is 25.3 Å². The smallest absolute Gasteiger partial charge is 0.0541 e. The van der Waals surface area contributed by atoms with Crippen LogP contribution in [0.25, 0.3) is 0 Å². The van der Waals surface area contributed by atoms with Gasteiger partial charge in [-0.15, -0.1) is 0 Å². The Morgan fingerprint density at radius 3 is 2.53 bits per heavy atom. The number of aliphatic hydroxyl groups is 1. The van der Waals surface area contributed by atoms with Crippen LogP contribution in [-0.2, 0) is 5.54 Å². The van der Waals surface area contributed by atoms with E-state index in [4.69, 9.17) is 5.73 Å². The lowest BCUT2D eigenvalue weighted by atomic mass is 9.76. The zero-order valence-corrected chi connectivity index (χ0v) is 10.7. The first-order valence-electron chi connectivity index (χ1n) is 6.26. The van der Waals surface area contributed by atoms with Crippen molar-refractivity contribution in [3.8, 4) is 0 Å². The zero-order valence-electron chi connectivity index (χ0n) is 10.7. The summed E-state index contributed by atoms with van der Waals surface area (Å²) in [4.78, 5) is 2.09. The first-order valence-corrected chi connectivity index (χ1v) is 6.26. The number of aliphatic hydroxyl groups excluding tert-OH is 1. The van der Waals surface area contributed by atoms with Gasteiger partial charge in [0.15, 0.2) is 0 Å². The summed E-state index contributed by atoms with van der Waals surface area (Å²) in [5.41, 5.74) is 8.59. The lowest BCUT2D eigenvalue weighted by molar-refractivity contribution is 0.0969. The molecular weight excluding hydrogens is 212 g/mol. The standard InChI is InChI=1S/C14H22N2O/c1-16(2)12-5-3-4-11(10-12)14(15)8-6-13(17)7-9-14/h3-5,10,13,17H,6-9,15H2,1-2H3. The predicted molar refractivity (Wildman–Crippen MR) is 71.1 cm³/mol. The van der Waals surface area contributed by atoms with Gasteiger partial charge in [-0.25, -0.2) is 0 Å². The Morgan fingerprint density at radius 2 is 1.94 bits per heavy atom. The summed E-state index contributed by atoms with van der Waals surface area (Å²) in [6.45, 7) is 0. The van der Waals surface area contributed by atoms with Gasteiger partial charge in [0.05, 0.1) is 6.10 Å². The van der Waals surface area contributed by atoms with Gasteiger partial charge in [-0.2, -0.15) is 0 Å². The Balaban J connectivity index is 2.24. The number of nitrogens with two attached hydrogens (primary N) is 1. The minimum Gasteiger partial charge on any atom is -0.393 e. The number of hydrogen-bond donors (Lipinski definition) is 2. The molecule has 3 nitrogen and oxygen atoms in total. The van der Waals surface area contributed by atoms with Gasteiger partial charge >= 0.3 is 0 Å². The van der Waals surface area contributed by atoms with Gasteiger partial charge < -0.3 is 15.7 Å². The van der Waals surface area contributed by atoms with E-state index in [0.29, 0.717) is 0 Å². The molecule has 3 heteroatoms. The van der Waals surface area contributed by atoms with Crippen LogP contribution < -0.4 is 10.6 Å². The average molecular weight is 234 g/mol. The fraction of sp³-hybridized carbons (Fsp3) is 0.571. The fourth-order valence-electron chi connectivity index (χ4n) is 2.50. The Bertz CT molecular complexity index is 382. The zero-order chi connectivity index (χ0) is 12.5. The molecule has 1 fully saturated rings. The van der Waals surface area contributed by atoms with Crippen molar-refractivity contribution < 1.29 is 5.11 Å². The van der Waals surface area contributed by atoms with Crippen LogP contribution in [0.3, 0.4) is 0 Å². The van der Waals surface area contributed by atoms with Crippen molar-refractivity contribution in [2.45, 2.75) is 37.3 Å². The molecule has 0 aromatic heterocycles. The van der Waals surface area contributed by atoms with E-state index in [2.05, 4.69) is 29.2 Å². The van der Waals surface area contributed by atoms with Crippen LogP contribution in [0.4, 0.5) is 5.69 Å². The average Bonchev–Trinajstić information content (AvgIpc) is 2.33. The lowest BCUT2D eigenvalue weighted by Crippen LogP contribution is -2.41. The van der Waals surface area contributed by atoms with Crippen LogP contribution in [0.5, 0.6) is 0 Å². The molecule has 2 rings (SSSR count). The summed E-state index contributed by atoms with van der Waals surface area (Å²) >= 11 is 0. The van der Waals surface area contributed by atoms with E-state index < -0.39 is 0 Å². The minimum absolute atomic E-state index is 0.163. The molecule has 0 spiro atoms. The Hall–Kier alpha value is -1.06. The van der Waals surface area contributed by atoms with E-state index in [1.807, 2.05) is 14.1 Å². The molecule has 3 N–H and O–H groups in total. The maximum atomic E-state index is 9.57. The Kier molecular flexibility index (Phi) is 3.40. The first-order chi connectivity index (χ1) is 8.01. The third-order valence-electron chi connectivity index (χ3n) is 3.78. The van der Waals surface area contributed by atoms with Gasteiger partial charge in [0.1, 0.15) is 0 Å². The largest absolute Gasteiger partial charge is 0.393 e. The molecule has 0 bridgehead atoms. The molecule has 1 aromatic carbocycles. The summed E-state index contributed by atoms with van der Waals surface area (Å²) in [6.07, 6.45) is 3.19. The van der Waals surface area contributed by atoms with Crippen LogP contribution in [0.1, 0.15) is 31.2 Å². The molecule has 0 saturated heterocycles. The van der Waals surface area contributed by atoms with Crippen LogP contribution in [0, 0.1) is 0 Å². The van der Waals surface area contributed by atoms with Gasteiger partial charge in [-0.05, 0) is 43.4 Å². The third-order valence-corrected chi connectivity index (χ3v) is 3.78. The Morgan fingerprint density at radius 1 is 1.29 bits per heavy atom. The molecule has 1 aliphatic rings. The first kappa shape index (κ1) is 12.4. The van der Waals surface area contributed by atoms with Crippen molar-refractivity contribution in [2.75, 3.05) is 19.0 Å². The summed E-state index contributed by atoms with van der Waals surface area (Å²) < 4.78 is 0. The van der Waals surface area contributed by atoms with Crippen molar-refractivity contribution in [1.82, 2.24) is 0 Å². The van der Waals surface area contributed by atoms with E-state index in [1.165, 1.54) is 11.3 Å². The SMILES string of the molecule is CN(C)c1cccc(C2(N)CCC(O)CC2)c1. The molecule has 0 amide bonds. The fourth-order valence-corrected chi connectivity index (χ4v) is 2.50. The molecule has 1 aromatic rings. The summed E-state index contributed by atoms with van der Waals surface area (Å²) in [6, 6.07) is 8.41. The quantitative estimate of drug-likeness (QED) is 0.821. The molecule has 0 aliphatic heterocycles. The second-order valence-electron chi connectivity index (χ2n) is 5.33. The van der Waals surface area contributed by atoms with Crippen LogP contribution in [0.15, 0.2) is 24.3 Å². The van der Waals surface area contributed by atoms with Gasteiger partial charge in [0.2, 0.25) is 0 Å². The predicted octanol–water partition coefficient (Wildman–Crippen LogP) is 1.84. The monoisotopic (exact) mass is 234 g/mol. The van der Waals surface area contributed by atoms with E-state index in [-0.39, 0.29) is 11.6 Å². The topological polar surface area (TPSA) is 49.5 Å². The lowest BCUT2D eigenvalue weighted by Gasteiger charge is -2.36. The molecule has 1 saturated carbocycles. The van der Waals surface area contributed by atoms with Crippen molar-refractivity contribution in [3.63, 3.8) is 0 Å². The highest BCUT2D eigenvalue weighted by Crippen LogP contribution is 2.35. The van der Waals surface area contributed by atoms with E-state index in [9.17, 15) is 5.11 Å². The normalized spacial score (nSPS) is 29.1. The Labute approximate surface area is 103 Å². The van der Waals surface area contributed by atoms with Gasteiger partial charge in [0, 0.05) is 25.3 Å². The number of benzene rings is 1. The highest BCUT2D eigenvalue weighted by Gasteiger charge is 2.32. The maximum Gasteiger partial charge on any atom is 0.0541 e. The van der Waals surface area contributed by atoms with E-state index in [0.717, 1.165) is 25.7 Å². The van der Waals surface area contributed by atoms with E-state index in [1.54, 1.807) is 0 Å². The summed E-state index contributed by atoms with van der Waals surface area (Å²) in [5.74, 6) is 0. The molecule has 17 heavy (non-hydrogen) atoms. The van der Waals surface area contributed by atoms with E-state index >= 15 is 0 Å². The molecular formula is C14H22N2O. The number of hydrogen-bond acceptors (Lipinski definition) is 3. The maximum absolute atomic E-state index is 9.57. The molecule has 1 aliphatic carbocycles. The van der Waals surface area contributed by atoms with Crippen molar-refractivity contribution in [1.29, 1.82) is 0 Å². The van der Waals surface area contributed by atoms with Gasteiger partial charge in [0.25, 0.3) is 0 Å². The molecule has 94 valence electrons.